The summed E-state index contributed by atoms with van der Waals surface area (Å²) in [7, 11) is 2.08. The second-order valence-electron chi connectivity index (χ2n) is 4.57. The maximum atomic E-state index is 6.12. The van der Waals surface area contributed by atoms with Crippen molar-refractivity contribution >= 4 is 54.8 Å². The highest BCUT2D eigenvalue weighted by molar-refractivity contribution is 9.10. The number of rotatable bonds is 5. The summed E-state index contributed by atoms with van der Waals surface area (Å²) in [6.45, 7) is 1.40. The van der Waals surface area contributed by atoms with Crippen LogP contribution in [0.5, 0.6) is 0 Å². The van der Waals surface area contributed by atoms with Crippen LogP contribution in [0.25, 0.3) is 0 Å². The van der Waals surface area contributed by atoms with Gasteiger partial charge in [0.15, 0.2) is 0 Å². The lowest BCUT2D eigenvalue weighted by Crippen LogP contribution is -2.29. The molecule has 2 nitrogen and oxygen atoms in total. The molecule has 2 aromatic rings. The first-order valence-corrected chi connectivity index (χ1v) is 8.88. The fourth-order valence-corrected chi connectivity index (χ4v) is 4.44. The van der Waals surface area contributed by atoms with E-state index in [9.17, 15) is 0 Å². The topological polar surface area (TPSA) is 29.3 Å². The number of hydrogen-bond acceptors (Lipinski definition) is 3. The zero-order chi connectivity index (χ0) is 14.7. The normalized spacial score (nSPS) is 12.9. The van der Waals surface area contributed by atoms with Crippen LogP contribution in [0.15, 0.2) is 39.3 Å². The Kier molecular flexibility index (Phi) is 6.08. The Morgan fingerprint density at radius 3 is 2.65 bits per heavy atom. The van der Waals surface area contributed by atoms with E-state index in [0.29, 0.717) is 6.54 Å². The SMILES string of the molecule is CN(Cc1cccc(Br)c1)C(CN)c1cc(Br)c(Cl)s1. The molecule has 6 heteroatoms. The van der Waals surface area contributed by atoms with Gasteiger partial charge in [-0.05, 0) is 46.7 Å². The Hall–Kier alpha value is 0.0900. The van der Waals surface area contributed by atoms with Crippen LogP contribution in [0.4, 0.5) is 0 Å². The smallest absolute Gasteiger partial charge is 0.107 e. The lowest BCUT2D eigenvalue weighted by Gasteiger charge is -2.26. The van der Waals surface area contributed by atoms with Crippen molar-refractivity contribution in [1.29, 1.82) is 0 Å². The zero-order valence-electron chi connectivity index (χ0n) is 10.9. The van der Waals surface area contributed by atoms with Crippen LogP contribution in [-0.4, -0.2) is 18.5 Å². The molecule has 1 heterocycles. The molecule has 0 saturated heterocycles. The van der Waals surface area contributed by atoms with E-state index >= 15 is 0 Å². The van der Waals surface area contributed by atoms with Crippen molar-refractivity contribution < 1.29 is 0 Å². The number of nitrogens with zero attached hydrogens (tertiary/aromatic N) is 1. The van der Waals surface area contributed by atoms with E-state index in [1.165, 1.54) is 10.4 Å². The molecule has 0 aliphatic carbocycles. The number of benzene rings is 1. The molecule has 1 aromatic heterocycles. The maximum Gasteiger partial charge on any atom is 0.107 e. The van der Waals surface area contributed by atoms with Crippen molar-refractivity contribution in [3.63, 3.8) is 0 Å². The van der Waals surface area contributed by atoms with Crippen molar-refractivity contribution in [2.45, 2.75) is 12.6 Å². The third-order valence-electron chi connectivity index (χ3n) is 3.07. The van der Waals surface area contributed by atoms with Gasteiger partial charge in [0.25, 0.3) is 0 Å². The highest BCUT2D eigenvalue weighted by atomic mass is 79.9. The summed E-state index contributed by atoms with van der Waals surface area (Å²) in [5.74, 6) is 0. The number of thiophene rings is 1. The molecule has 1 unspecified atom stereocenters. The van der Waals surface area contributed by atoms with Gasteiger partial charge in [0.2, 0.25) is 0 Å². The average Bonchev–Trinajstić information content (AvgIpc) is 2.70. The number of nitrogens with two attached hydrogens (primary N) is 1. The van der Waals surface area contributed by atoms with Crippen LogP contribution >= 0.6 is 54.8 Å². The first-order chi connectivity index (χ1) is 9.51. The van der Waals surface area contributed by atoms with Crippen LogP contribution in [0.1, 0.15) is 16.5 Å². The van der Waals surface area contributed by atoms with Gasteiger partial charge in [0, 0.05) is 26.9 Å². The molecule has 20 heavy (non-hydrogen) atoms. The third-order valence-corrected chi connectivity index (χ3v) is 6.14. The molecule has 0 amide bonds. The van der Waals surface area contributed by atoms with Crippen LogP contribution in [0.2, 0.25) is 4.34 Å². The minimum atomic E-state index is 0.169. The van der Waals surface area contributed by atoms with Gasteiger partial charge in [-0.1, -0.05) is 39.7 Å². The van der Waals surface area contributed by atoms with Crippen molar-refractivity contribution in [2.24, 2.45) is 5.73 Å². The molecule has 0 radical (unpaired) electrons. The first-order valence-electron chi connectivity index (χ1n) is 6.10. The minimum Gasteiger partial charge on any atom is -0.329 e. The Bertz CT molecular complexity index is 569. The highest BCUT2D eigenvalue weighted by Gasteiger charge is 2.19. The summed E-state index contributed by atoms with van der Waals surface area (Å²) in [5, 5.41) is 0. The van der Waals surface area contributed by atoms with Crippen LogP contribution in [-0.2, 0) is 6.54 Å². The first kappa shape index (κ1) is 16.5. The maximum absolute atomic E-state index is 6.12. The van der Waals surface area contributed by atoms with Gasteiger partial charge in [-0.2, -0.15) is 0 Å². The second-order valence-corrected chi connectivity index (χ2v) is 8.02. The van der Waals surface area contributed by atoms with Gasteiger partial charge in [-0.15, -0.1) is 11.3 Å². The van der Waals surface area contributed by atoms with Crippen molar-refractivity contribution in [3.05, 3.63) is 54.1 Å². The van der Waals surface area contributed by atoms with Gasteiger partial charge in [-0.25, -0.2) is 0 Å². The Morgan fingerprint density at radius 2 is 2.10 bits per heavy atom. The number of likely N-dealkylation sites (N-methyl/N-ethyl adjacent to an activating group) is 1. The summed E-state index contributed by atoms with van der Waals surface area (Å²) in [4.78, 5) is 3.43. The summed E-state index contributed by atoms with van der Waals surface area (Å²) in [5.41, 5.74) is 7.20. The molecule has 0 saturated carbocycles. The number of halogens is 3. The predicted octanol–water partition coefficient (Wildman–Crippen LogP) is 5.06. The molecule has 0 aliphatic rings. The zero-order valence-corrected chi connectivity index (χ0v) is 15.7. The Labute approximate surface area is 145 Å². The Morgan fingerprint density at radius 1 is 1.35 bits per heavy atom. The third kappa shape index (κ3) is 4.06. The van der Waals surface area contributed by atoms with Crippen molar-refractivity contribution in [2.75, 3.05) is 13.6 Å². The van der Waals surface area contributed by atoms with Crippen molar-refractivity contribution in [1.82, 2.24) is 4.90 Å². The van der Waals surface area contributed by atoms with E-state index in [0.717, 1.165) is 19.8 Å². The monoisotopic (exact) mass is 436 g/mol. The fraction of sp³-hybridized carbons (Fsp3) is 0.286. The van der Waals surface area contributed by atoms with Crippen molar-refractivity contribution in [3.8, 4) is 0 Å². The molecule has 108 valence electrons. The number of hydrogen-bond donors (Lipinski definition) is 1. The molecule has 0 aliphatic heterocycles. The van der Waals surface area contributed by atoms with E-state index in [1.807, 2.05) is 12.1 Å². The van der Waals surface area contributed by atoms with Gasteiger partial charge < -0.3 is 5.73 Å². The lowest BCUT2D eigenvalue weighted by atomic mass is 10.1. The molecule has 0 bridgehead atoms. The van der Waals surface area contributed by atoms with Gasteiger partial charge in [0.05, 0.1) is 6.04 Å². The second kappa shape index (κ2) is 7.38. The van der Waals surface area contributed by atoms with E-state index in [4.69, 9.17) is 17.3 Å². The Balaban J connectivity index is 2.15. The van der Waals surface area contributed by atoms with E-state index in [1.54, 1.807) is 11.3 Å². The average molecular weight is 439 g/mol. The summed E-state index contributed by atoms with van der Waals surface area (Å²) in [6, 6.07) is 10.5. The molecular weight excluding hydrogens is 423 g/mol. The predicted molar refractivity (Wildman–Crippen MR) is 94.4 cm³/mol. The molecule has 2 rings (SSSR count). The van der Waals surface area contributed by atoms with Crippen LogP contribution in [0.3, 0.4) is 0 Å². The molecular formula is C14H15Br2ClN2S. The molecule has 0 fully saturated rings. The standard InChI is InChI=1S/C14H15Br2ClN2S/c1-19(8-9-3-2-4-10(15)5-9)12(7-18)13-6-11(16)14(17)20-13/h2-6,12H,7-8,18H2,1H3. The molecule has 0 spiro atoms. The van der Waals surface area contributed by atoms with Crippen LogP contribution < -0.4 is 5.73 Å². The van der Waals surface area contributed by atoms with Gasteiger partial charge in [-0.3, -0.25) is 4.90 Å². The van der Waals surface area contributed by atoms with E-state index < -0.39 is 0 Å². The molecule has 1 atom stereocenters. The quantitative estimate of drug-likeness (QED) is 0.707. The fourth-order valence-electron chi connectivity index (χ4n) is 2.07. The van der Waals surface area contributed by atoms with Crippen LogP contribution in [0, 0.1) is 0 Å². The summed E-state index contributed by atoms with van der Waals surface area (Å²) < 4.78 is 2.80. The highest BCUT2D eigenvalue weighted by Crippen LogP contribution is 2.36. The lowest BCUT2D eigenvalue weighted by molar-refractivity contribution is 0.245. The van der Waals surface area contributed by atoms with E-state index in [2.05, 4.69) is 62.0 Å². The van der Waals surface area contributed by atoms with Gasteiger partial charge in [0.1, 0.15) is 4.34 Å². The largest absolute Gasteiger partial charge is 0.329 e. The minimum absolute atomic E-state index is 0.169. The molecule has 2 N–H and O–H groups in total. The molecule has 1 aromatic carbocycles. The van der Waals surface area contributed by atoms with Gasteiger partial charge >= 0.3 is 0 Å². The summed E-state index contributed by atoms with van der Waals surface area (Å²) >= 11 is 14.7. The summed E-state index contributed by atoms with van der Waals surface area (Å²) in [6.07, 6.45) is 0. The van der Waals surface area contributed by atoms with E-state index in [-0.39, 0.29) is 6.04 Å².